The summed E-state index contributed by atoms with van der Waals surface area (Å²) >= 11 is 0. The highest BCUT2D eigenvalue weighted by atomic mass is 16.4. The Morgan fingerprint density at radius 3 is 2.57 bits per heavy atom. The number of carbonyl (C=O) groups is 1. The first-order valence-corrected chi connectivity index (χ1v) is 9.06. The lowest BCUT2D eigenvalue weighted by molar-refractivity contribution is -0.137. The molecule has 136 valence electrons. The van der Waals surface area contributed by atoms with Crippen molar-refractivity contribution in [3.05, 3.63) is 77.1 Å². The Hall–Kier alpha value is -3.73. The topological polar surface area (TPSA) is 67.5 Å². The number of hydrogen-bond acceptors (Lipinski definition) is 3. The number of rotatable bonds is 3. The third-order valence-electron chi connectivity index (χ3n) is 5.18. The van der Waals surface area contributed by atoms with Gasteiger partial charge in [-0.05, 0) is 34.4 Å². The highest BCUT2D eigenvalue weighted by molar-refractivity contribution is 6.11. The summed E-state index contributed by atoms with van der Waals surface area (Å²) in [5, 5.41) is 15.8. The van der Waals surface area contributed by atoms with Gasteiger partial charge in [-0.2, -0.15) is 0 Å². The number of fused-ring (bicyclic) bond motifs is 1. The average molecular weight is 367 g/mol. The molecule has 4 aromatic carbocycles. The Balaban J connectivity index is 1.92. The van der Waals surface area contributed by atoms with Crippen molar-refractivity contribution >= 4 is 44.6 Å². The van der Waals surface area contributed by atoms with E-state index in [4.69, 9.17) is 4.98 Å². The second-order valence-corrected chi connectivity index (χ2v) is 6.78. The molecule has 0 unspecified atom stereocenters. The normalized spacial score (nSPS) is 13.3. The Morgan fingerprint density at radius 2 is 1.82 bits per heavy atom. The molecule has 0 atom stereocenters. The van der Waals surface area contributed by atoms with Crippen LogP contribution in [0.25, 0.3) is 38.7 Å². The summed E-state index contributed by atoms with van der Waals surface area (Å²) in [7, 11) is 1.79. The zero-order chi connectivity index (χ0) is 19.3. The van der Waals surface area contributed by atoms with E-state index in [1.165, 1.54) is 10.8 Å². The molecule has 0 spiro atoms. The van der Waals surface area contributed by atoms with E-state index < -0.39 is 5.97 Å². The van der Waals surface area contributed by atoms with E-state index in [0.717, 1.165) is 32.4 Å². The van der Waals surface area contributed by atoms with Crippen molar-refractivity contribution in [1.29, 1.82) is 0 Å². The van der Waals surface area contributed by atoms with Crippen LogP contribution in [0, 0.1) is 0 Å². The van der Waals surface area contributed by atoms with Crippen LogP contribution >= 0.6 is 0 Å². The van der Waals surface area contributed by atoms with Gasteiger partial charge < -0.3 is 9.67 Å². The Kier molecular flexibility index (Phi) is 3.62. The summed E-state index contributed by atoms with van der Waals surface area (Å²) < 4.78 is 1.74. The zero-order valence-electron chi connectivity index (χ0n) is 15.3. The second-order valence-electron chi connectivity index (χ2n) is 6.78. The number of carboxylic acid groups (broad SMARTS) is 1. The third kappa shape index (κ3) is 2.36. The number of aromatic nitrogens is 2. The summed E-state index contributed by atoms with van der Waals surface area (Å²) in [6.45, 7) is -0.143. The average Bonchev–Trinajstić information content (AvgIpc) is 3.19. The molecule has 1 aromatic heterocycles. The van der Waals surface area contributed by atoms with Gasteiger partial charge in [0.2, 0.25) is 0 Å². The number of aliphatic carboxylic acids is 1. The maximum Gasteiger partial charge on any atom is 0.323 e. The monoisotopic (exact) mass is 367 g/mol. The van der Waals surface area contributed by atoms with Gasteiger partial charge in [-0.3, -0.25) is 9.79 Å². The molecule has 0 aliphatic carbocycles. The molecule has 0 fully saturated rings. The molecule has 5 rings (SSSR count). The molecule has 0 bridgehead atoms. The van der Waals surface area contributed by atoms with Crippen LogP contribution in [-0.2, 0) is 11.3 Å². The standard InChI is InChI=1S/C23H17N3O2/c1-24-23-16-9-5-7-14-6-4-8-15(22(14)16)17(23)12-20-25-18-10-2-3-11-19(18)26(20)13-21(27)28/h2-12H,13H2,1H3,(H,27,28)/b17-12-,24-23-. The van der Waals surface area contributed by atoms with E-state index in [-0.39, 0.29) is 6.54 Å². The summed E-state index contributed by atoms with van der Waals surface area (Å²) in [6, 6.07) is 20.0. The molecule has 0 radical (unpaired) electrons. The van der Waals surface area contributed by atoms with Crippen molar-refractivity contribution in [2.45, 2.75) is 6.54 Å². The lowest BCUT2D eigenvalue weighted by atomic mass is 10.1. The molecule has 5 heteroatoms. The molecule has 1 N–H and O–H groups in total. The fraction of sp³-hybridized carbons (Fsp3) is 0.0870. The zero-order valence-corrected chi connectivity index (χ0v) is 15.3. The first-order chi connectivity index (χ1) is 13.7. The maximum absolute atomic E-state index is 11.5. The summed E-state index contributed by atoms with van der Waals surface area (Å²) in [5.74, 6) is -0.284. The van der Waals surface area contributed by atoms with Crippen molar-refractivity contribution in [3.63, 3.8) is 0 Å². The van der Waals surface area contributed by atoms with E-state index in [1.54, 1.807) is 11.6 Å². The van der Waals surface area contributed by atoms with Gasteiger partial charge in [0, 0.05) is 17.7 Å². The molecule has 0 saturated carbocycles. The minimum absolute atomic E-state index is 0.143. The number of carboxylic acids is 1. The molecule has 1 heterocycles. The molecular formula is C23H17N3O2. The predicted octanol–water partition coefficient (Wildman–Crippen LogP) is 2.94. The molecule has 0 aliphatic rings. The van der Waals surface area contributed by atoms with Crippen molar-refractivity contribution < 1.29 is 9.90 Å². The van der Waals surface area contributed by atoms with E-state index in [1.807, 2.05) is 42.5 Å². The third-order valence-corrected chi connectivity index (χ3v) is 5.18. The number of benzene rings is 3. The lowest BCUT2D eigenvalue weighted by Gasteiger charge is -2.02. The number of imidazole rings is 1. The molecule has 0 saturated heterocycles. The predicted molar refractivity (Wildman–Crippen MR) is 110 cm³/mol. The fourth-order valence-electron chi connectivity index (χ4n) is 4.06. The van der Waals surface area contributed by atoms with Gasteiger partial charge in [0.05, 0.1) is 16.4 Å². The fourth-order valence-corrected chi connectivity index (χ4v) is 4.06. The SMILES string of the molecule is C/N=c1\c(=C/c2nc3ccccc3n2CC(=O)O)c2cccc3cccc1c32. The van der Waals surface area contributed by atoms with Crippen molar-refractivity contribution in [2.75, 3.05) is 7.05 Å². The van der Waals surface area contributed by atoms with Gasteiger partial charge in [-0.15, -0.1) is 0 Å². The summed E-state index contributed by atoms with van der Waals surface area (Å²) in [6.07, 6.45) is 1.96. The van der Waals surface area contributed by atoms with Crippen LogP contribution in [0.15, 0.2) is 65.7 Å². The first kappa shape index (κ1) is 16.4. The smallest absolute Gasteiger partial charge is 0.323 e. The Morgan fingerprint density at radius 1 is 1.07 bits per heavy atom. The van der Waals surface area contributed by atoms with Crippen LogP contribution in [0.1, 0.15) is 5.82 Å². The molecular weight excluding hydrogens is 350 g/mol. The van der Waals surface area contributed by atoms with E-state index in [0.29, 0.717) is 5.82 Å². The lowest BCUT2D eigenvalue weighted by Crippen LogP contribution is -2.22. The molecule has 0 amide bonds. The molecule has 5 aromatic rings. The summed E-state index contributed by atoms with van der Waals surface area (Å²) in [5.41, 5.74) is 1.58. The van der Waals surface area contributed by atoms with Crippen LogP contribution < -0.4 is 10.6 Å². The molecule has 0 aliphatic heterocycles. The van der Waals surface area contributed by atoms with Gasteiger partial charge in [-0.25, -0.2) is 4.98 Å². The van der Waals surface area contributed by atoms with Crippen molar-refractivity contribution in [1.82, 2.24) is 9.55 Å². The van der Waals surface area contributed by atoms with Crippen molar-refractivity contribution in [2.24, 2.45) is 4.99 Å². The van der Waals surface area contributed by atoms with E-state index in [9.17, 15) is 9.90 Å². The number of hydrogen-bond donors (Lipinski definition) is 1. The van der Waals surface area contributed by atoms with Crippen molar-refractivity contribution in [3.8, 4) is 0 Å². The van der Waals surface area contributed by atoms with Gasteiger partial charge >= 0.3 is 5.97 Å². The highest BCUT2D eigenvalue weighted by Gasteiger charge is 2.14. The molecule has 28 heavy (non-hydrogen) atoms. The maximum atomic E-state index is 11.5. The highest BCUT2D eigenvalue weighted by Crippen LogP contribution is 2.23. The van der Waals surface area contributed by atoms with Crippen LogP contribution in [-0.4, -0.2) is 27.7 Å². The van der Waals surface area contributed by atoms with Gasteiger partial charge in [0.1, 0.15) is 12.4 Å². The minimum atomic E-state index is -0.899. The first-order valence-electron chi connectivity index (χ1n) is 9.06. The van der Waals surface area contributed by atoms with Gasteiger partial charge in [-0.1, -0.05) is 48.5 Å². The quantitative estimate of drug-likeness (QED) is 0.533. The van der Waals surface area contributed by atoms with Crippen LogP contribution in [0.4, 0.5) is 0 Å². The second kappa shape index (κ2) is 6.16. The number of nitrogens with zero attached hydrogens (tertiary/aromatic N) is 3. The Labute approximate surface area is 160 Å². The van der Waals surface area contributed by atoms with Crippen LogP contribution in [0.2, 0.25) is 0 Å². The van der Waals surface area contributed by atoms with Gasteiger partial charge in [0.15, 0.2) is 0 Å². The largest absolute Gasteiger partial charge is 0.480 e. The van der Waals surface area contributed by atoms with Crippen LogP contribution in [0.5, 0.6) is 0 Å². The Bertz CT molecular complexity index is 1480. The summed E-state index contributed by atoms with van der Waals surface area (Å²) in [4.78, 5) is 20.7. The minimum Gasteiger partial charge on any atom is -0.480 e. The van der Waals surface area contributed by atoms with E-state index in [2.05, 4.69) is 29.3 Å². The molecule has 5 nitrogen and oxygen atoms in total. The van der Waals surface area contributed by atoms with Crippen LogP contribution in [0.3, 0.4) is 0 Å². The van der Waals surface area contributed by atoms with E-state index >= 15 is 0 Å². The van der Waals surface area contributed by atoms with Gasteiger partial charge in [0.25, 0.3) is 0 Å². The number of para-hydroxylation sites is 2.